The van der Waals surface area contributed by atoms with Crippen LogP contribution in [0.5, 0.6) is 0 Å². The zero-order valence-electron chi connectivity index (χ0n) is 15.8. The molecule has 0 fully saturated rings. The van der Waals surface area contributed by atoms with Gasteiger partial charge in [0, 0.05) is 24.9 Å². The maximum atomic E-state index is 13.2. The summed E-state index contributed by atoms with van der Waals surface area (Å²) in [5.41, 5.74) is -0.713. The van der Waals surface area contributed by atoms with E-state index >= 15 is 0 Å². The number of rotatable bonds is 6. The van der Waals surface area contributed by atoms with Gasteiger partial charge in [0.2, 0.25) is 5.91 Å². The number of carbonyl (C=O) groups excluding carboxylic acids is 1. The van der Waals surface area contributed by atoms with Crippen molar-refractivity contribution in [2.75, 3.05) is 0 Å². The molecule has 0 bridgehead atoms. The predicted molar refractivity (Wildman–Crippen MR) is 105 cm³/mol. The molecule has 1 amide bonds. The molecular formula is C20H15ClF4N4O2. The number of halogens is 5. The van der Waals surface area contributed by atoms with Crippen LogP contribution in [-0.4, -0.2) is 21.1 Å². The molecule has 0 aliphatic heterocycles. The fourth-order valence-corrected chi connectivity index (χ4v) is 2.86. The van der Waals surface area contributed by atoms with E-state index in [2.05, 4.69) is 20.5 Å². The van der Waals surface area contributed by atoms with Crippen LogP contribution >= 0.6 is 11.6 Å². The van der Waals surface area contributed by atoms with E-state index in [0.29, 0.717) is 11.1 Å². The van der Waals surface area contributed by atoms with Crippen molar-refractivity contribution in [1.29, 1.82) is 0 Å². The number of hydrogen-bond donors (Lipinski definition) is 2. The molecule has 3 rings (SSSR count). The van der Waals surface area contributed by atoms with Gasteiger partial charge < -0.3 is 10.3 Å². The third kappa shape index (κ3) is 5.88. The van der Waals surface area contributed by atoms with Crippen LogP contribution in [0.25, 0.3) is 11.4 Å². The van der Waals surface area contributed by atoms with Crippen molar-refractivity contribution >= 4 is 17.5 Å². The van der Waals surface area contributed by atoms with Gasteiger partial charge in [-0.1, -0.05) is 23.7 Å². The number of aromatic nitrogens is 3. The number of carbonyl (C=O) groups is 1. The van der Waals surface area contributed by atoms with Gasteiger partial charge in [-0.2, -0.15) is 13.2 Å². The second-order valence-corrected chi connectivity index (χ2v) is 6.96. The van der Waals surface area contributed by atoms with E-state index in [-0.39, 0.29) is 35.9 Å². The van der Waals surface area contributed by atoms with Crippen LogP contribution in [0.1, 0.15) is 23.2 Å². The van der Waals surface area contributed by atoms with Gasteiger partial charge in [-0.25, -0.2) is 4.39 Å². The van der Waals surface area contributed by atoms with E-state index in [1.165, 1.54) is 24.3 Å². The molecule has 0 atom stereocenters. The predicted octanol–water partition coefficient (Wildman–Crippen LogP) is 3.89. The summed E-state index contributed by atoms with van der Waals surface area (Å²) in [7, 11) is 0. The zero-order chi connectivity index (χ0) is 22.6. The summed E-state index contributed by atoms with van der Waals surface area (Å²) in [4.78, 5) is 26.7. The first-order valence-corrected chi connectivity index (χ1v) is 9.35. The number of H-pyrrole nitrogens is 1. The Morgan fingerprint density at radius 3 is 2.58 bits per heavy atom. The zero-order valence-corrected chi connectivity index (χ0v) is 16.5. The highest BCUT2D eigenvalue weighted by atomic mass is 35.5. The number of aromatic amines is 1. The lowest BCUT2D eigenvalue weighted by molar-refractivity contribution is -0.137. The Hall–Kier alpha value is -3.27. The summed E-state index contributed by atoms with van der Waals surface area (Å²) in [6.45, 7) is -0.0882. The maximum absolute atomic E-state index is 13.2. The quantitative estimate of drug-likeness (QED) is 0.553. The number of nitrogens with one attached hydrogen (secondary N) is 2. The summed E-state index contributed by atoms with van der Waals surface area (Å²) in [6, 6.07) is 8.41. The first kappa shape index (κ1) is 22.4. The molecule has 0 unspecified atom stereocenters. The maximum Gasteiger partial charge on any atom is 0.416 e. The summed E-state index contributed by atoms with van der Waals surface area (Å²) < 4.78 is 51.4. The van der Waals surface area contributed by atoms with E-state index < -0.39 is 29.0 Å². The minimum atomic E-state index is -4.47. The monoisotopic (exact) mass is 454 g/mol. The van der Waals surface area contributed by atoms with Gasteiger partial charge in [-0.15, -0.1) is 10.2 Å². The van der Waals surface area contributed by atoms with Crippen LogP contribution in [0.3, 0.4) is 0 Å². The fraction of sp³-hybridized carbons (Fsp3) is 0.200. The van der Waals surface area contributed by atoms with Crippen molar-refractivity contribution in [1.82, 2.24) is 20.5 Å². The van der Waals surface area contributed by atoms with Crippen molar-refractivity contribution < 1.29 is 22.4 Å². The normalized spacial score (nSPS) is 11.4. The third-order valence-corrected chi connectivity index (χ3v) is 4.58. The standard InChI is InChI=1S/C20H15ClF4N4O2/c21-14-9-12(4-5-15(14)22)18-27-19(31)16(28-29-18)6-7-17(30)26-10-11-2-1-3-13(8-11)20(23,24)25/h1-5,8-9H,6-7,10H2,(H,26,30)(H,27,29,31). The van der Waals surface area contributed by atoms with Gasteiger partial charge >= 0.3 is 6.18 Å². The Labute approximate surface area is 178 Å². The molecule has 0 radical (unpaired) electrons. The minimum Gasteiger partial charge on any atom is -0.352 e. The highest BCUT2D eigenvalue weighted by Gasteiger charge is 2.30. The average Bonchev–Trinajstić information content (AvgIpc) is 2.73. The Kier molecular flexibility index (Phi) is 6.69. The Morgan fingerprint density at radius 2 is 1.90 bits per heavy atom. The summed E-state index contributed by atoms with van der Waals surface area (Å²) in [5.74, 6) is -0.994. The summed E-state index contributed by atoms with van der Waals surface area (Å²) >= 11 is 5.71. The molecule has 2 N–H and O–H groups in total. The molecule has 6 nitrogen and oxygen atoms in total. The Balaban J connectivity index is 1.58. The number of aryl methyl sites for hydroxylation is 1. The van der Waals surface area contributed by atoms with E-state index in [4.69, 9.17) is 11.6 Å². The SMILES string of the molecule is O=C(CCc1nnc(-c2ccc(F)c(Cl)c2)[nH]c1=O)NCc1cccc(C(F)(F)F)c1. The summed E-state index contributed by atoms with van der Waals surface area (Å²) in [6.07, 6.45) is -4.61. The molecule has 0 saturated carbocycles. The van der Waals surface area contributed by atoms with Crippen LogP contribution in [0.15, 0.2) is 47.3 Å². The molecule has 0 aliphatic carbocycles. The van der Waals surface area contributed by atoms with E-state index in [1.54, 1.807) is 0 Å². The van der Waals surface area contributed by atoms with Crippen molar-refractivity contribution in [3.05, 3.63) is 80.5 Å². The Morgan fingerprint density at radius 1 is 1.13 bits per heavy atom. The number of hydrogen-bond acceptors (Lipinski definition) is 4. The molecular weight excluding hydrogens is 440 g/mol. The van der Waals surface area contributed by atoms with Gasteiger partial charge in [0.05, 0.1) is 10.6 Å². The van der Waals surface area contributed by atoms with Crippen molar-refractivity contribution in [2.45, 2.75) is 25.6 Å². The van der Waals surface area contributed by atoms with Gasteiger partial charge in [-0.05, 0) is 35.9 Å². The smallest absolute Gasteiger partial charge is 0.352 e. The van der Waals surface area contributed by atoms with Gasteiger partial charge in [0.15, 0.2) is 5.82 Å². The molecule has 0 aliphatic rings. The molecule has 162 valence electrons. The lowest BCUT2D eigenvalue weighted by Crippen LogP contribution is -2.25. The third-order valence-electron chi connectivity index (χ3n) is 4.29. The minimum absolute atomic E-state index is 0.00572. The number of nitrogens with zero attached hydrogens (tertiary/aromatic N) is 2. The lowest BCUT2D eigenvalue weighted by Gasteiger charge is -2.09. The largest absolute Gasteiger partial charge is 0.416 e. The molecule has 3 aromatic rings. The number of alkyl halides is 3. The van der Waals surface area contributed by atoms with E-state index in [9.17, 15) is 27.2 Å². The van der Waals surface area contributed by atoms with Crippen molar-refractivity contribution in [3.8, 4) is 11.4 Å². The Bertz CT molecular complexity index is 1160. The van der Waals surface area contributed by atoms with Crippen LogP contribution < -0.4 is 10.9 Å². The van der Waals surface area contributed by atoms with Crippen LogP contribution in [-0.2, 0) is 23.9 Å². The van der Waals surface area contributed by atoms with Crippen molar-refractivity contribution in [3.63, 3.8) is 0 Å². The topological polar surface area (TPSA) is 87.7 Å². The molecule has 1 heterocycles. The van der Waals surface area contributed by atoms with Crippen LogP contribution in [0, 0.1) is 5.82 Å². The molecule has 31 heavy (non-hydrogen) atoms. The second kappa shape index (κ2) is 9.25. The van der Waals surface area contributed by atoms with Gasteiger partial charge in [-0.3, -0.25) is 9.59 Å². The second-order valence-electron chi connectivity index (χ2n) is 6.55. The van der Waals surface area contributed by atoms with Gasteiger partial charge in [0.1, 0.15) is 11.5 Å². The number of benzene rings is 2. The summed E-state index contributed by atoms with van der Waals surface area (Å²) in [5, 5.41) is 10.0. The number of amides is 1. The van der Waals surface area contributed by atoms with E-state index in [0.717, 1.165) is 18.2 Å². The molecule has 2 aromatic carbocycles. The molecule has 0 saturated heterocycles. The van der Waals surface area contributed by atoms with Gasteiger partial charge in [0.25, 0.3) is 5.56 Å². The van der Waals surface area contributed by atoms with Crippen LogP contribution in [0.2, 0.25) is 5.02 Å². The fourth-order valence-electron chi connectivity index (χ4n) is 2.68. The average molecular weight is 455 g/mol. The molecule has 0 spiro atoms. The van der Waals surface area contributed by atoms with E-state index in [1.807, 2.05) is 0 Å². The lowest BCUT2D eigenvalue weighted by atomic mass is 10.1. The highest BCUT2D eigenvalue weighted by molar-refractivity contribution is 6.31. The first-order chi connectivity index (χ1) is 14.6. The molecule has 11 heteroatoms. The highest BCUT2D eigenvalue weighted by Crippen LogP contribution is 2.29. The van der Waals surface area contributed by atoms with Crippen molar-refractivity contribution in [2.24, 2.45) is 0 Å². The first-order valence-electron chi connectivity index (χ1n) is 8.97. The van der Waals surface area contributed by atoms with Crippen LogP contribution in [0.4, 0.5) is 17.6 Å². The molecule has 1 aromatic heterocycles.